The van der Waals surface area contributed by atoms with Gasteiger partial charge < -0.3 is 71.9 Å². The van der Waals surface area contributed by atoms with Crippen LogP contribution in [0.4, 0.5) is 24.0 Å². The van der Waals surface area contributed by atoms with Crippen molar-refractivity contribution in [2.24, 2.45) is 5.92 Å². The van der Waals surface area contributed by atoms with Crippen LogP contribution in [0, 0.1) is 20.7 Å². The minimum atomic E-state index is -3.11. The standard InChI is InChI=1S/C15H23IN4O3.C13H19I2N3O2.C13H20IN3O2.C13H21N3O2.C11H19NO4.C2H2O2.2Na.O3S/c1-8(2)12(19-15(22)23-4)14(21)20-9(3)5-6-10(20)13-17-7-11(16)18-13;1-7-5-6-8(11-16-9(14)10(15)17-11)18(7)12(19)20-13(2,3)4;1-8-5-6-9(11-15-7-10(14)16-11)17(8)12(18)19-13(2,3)4;1-9-5-6-10(11-14-7-8-15-11)16(9)12(17)18-13(2,3)4;1-7-5-6-8(9(13)14)12(7)10(15)16-11(2,3)4;3-1-2-4;;;1-4(2)3/h7-10,12H,5-6H2,1-4H3,(H,17,18)(H,19,22);7-8H,5-6H2,1-4H3,(H,16,17);7-9H,5-6H2,1-4H3,(H,15,16);7-10H,5-6H2,1-4H3,(H,14,15);7-8H,5-6H2,1-4H3,(H,13,14);1-2H;;;/q;;;;;;2*+1;-2/t9-,10-,12-;7-,8-;8-,9-;9-,10-;7-,8-;;;;/m00000..../s1. The third-order valence-electron chi connectivity index (χ3n) is 16.3. The van der Waals surface area contributed by atoms with Crippen LogP contribution in [0.2, 0.25) is 0 Å². The molecular formula is C67H104I4N14Na2O18S. The molecule has 586 valence electrons. The molecule has 4 aromatic heterocycles. The number of carboxylic acids is 1. The van der Waals surface area contributed by atoms with Crippen molar-refractivity contribution in [3.8, 4) is 0 Å². The summed E-state index contributed by atoms with van der Waals surface area (Å²) in [5, 5.41) is 11.7. The molecule has 0 bridgehead atoms. The predicted octanol–water partition coefficient (Wildman–Crippen LogP) is 7.55. The molecule has 5 fully saturated rings. The smallest absolute Gasteiger partial charge is 0.917 e. The number of imidazole rings is 4. The molecule has 0 unspecified atom stereocenters. The number of likely N-dealkylation sites (tertiary alicyclic amines) is 5. The van der Waals surface area contributed by atoms with Crippen LogP contribution in [-0.2, 0) is 62.3 Å². The van der Waals surface area contributed by atoms with Gasteiger partial charge in [0.1, 0.15) is 65.2 Å². The van der Waals surface area contributed by atoms with E-state index in [9.17, 15) is 33.6 Å². The quantitative estimate of drug-likeness (QED) is 0.0138. The molecule has 0 aliphatic carbocycles. The Kier molecular flexibility index (Phi) is 43.3. The number of carbonyl (C=O) groups is 9. The van der Waals surface area contributed by atoms with Gasteiger partial charge in [-0.25, -0.2) is 48.7 Å². The second kappa shape index (κ2) is 45.7. The summed E-state index contributed by atoms with van der Waals surface area (Å²) in [6.45, 7) is 36.1. The summed E-state index contributed by atoms with van der Waals surface area (Å²) >= 11 is 8.77. The Labute approximate surface area is 722 Å². The van der Waals surface area contributed by atoms with E-state index in [1.165, 1.54) is 12.0 Å². The van der Waals surface area contributed by atoms with Crippen LogP contribution in [0.15, 0.2) is 24.8 Å². The number of alkyl carbamates (subject to hydrolysis) is 1. The number of hydrogen-bond acceptors (Lipinski definition) is 22. The van der Waals surface area contributed by atoms with E-state index in [-0.39, 0.29) is 156 Å². The number of hydrogen-bond donors (Lipinski definition) is 6. The maximum Gasteiger partial charge on any atom is 1.00 e. The van der Waals surface area contributed by atoms with E-state index in [1.54, 1.807) is 55.4 Å². The normalized spacial score (nSPS) is 22.0. The summed E-state index contributed by atoms with van der Waals surface area (Å²) in [4.78, 5) is 141. The summed E-state index contributed by atoms with van der Waals surface area (Å²) < 4.78 is 55.5. The van der Waals surface area contributed by atoms with Crippen LogP contribution in [0.1, 0.15) is 243 Å². The molecule has 11 atom stereocenters. The zero-order chi connectivity index (χ0) is 79.3. The molecule has 6 N–H and O–H groups in total. The molecule has 0 saturated carbocycles. The van der Waals surface area contributed by atoms with E-state index in [0.29, 0.717) is 12.8 Å². The number of H-pyrrole nitrogens is 4. The SMILES string of the molecule is COC(=O)N[C@H](C(=O)N1[C@@H](C)CC[C@H]1c1ncc(I)[nH]1)C(C)C.C[C@H]1CC[C@@H](C(=O)O)N1C(=O)OC(C)(C)C.C[C@H]1CC[C@@H](c2nc(I)c(I)[nH]2)N1C(=O)OC(C)(C)C.C[C@H]1CC[C@@H](c2ncc(I)[nH]2)N1C(=O)OC(C)(C)C.C[C@H]1CC[C@@H](c2ncc[nH]2)N1C(=O)OC(C)(C)C.O=CC=O.O=[S-](=O)[O-].[Na+].[Na+]. The number of aromatic amines is 4. The minimum Gasteiger partial charge on any atom is -0.917 e. The van der Waals surface area contributed by atoms with Crippen LogP contribution in [0.25, 0.3) is 0 Å². The monoisotopic (exact) mass is 1980 g/mol. The molecule has 39 heteroatoms. The van der Waals surface area contributed by atoms with Crippen molar-refractivity contribution in [3.63, 3.8) is 0 Å². The van der Waals surface area contributed by atoms with Crippen LogP contribution < -0.4 is 64.4 Å². The number of aliphatic carboxylic acids is 1. The fourth-order valence-corrected chi connectivity index (χ4v) is 13.5. The fourth-order valence-electron chi connectivity index (χ4n) is 11.9. The Morgan fingerprint density at radius 3 is 1.17 bits per heavy atom. The zero-order valence-electron chi connectivity index (χ0n) is 64.8. The second-order valence-corrected chi connectivity index (χ2v) is 34.4. The summed E-state index contributed by atoms with van der Waals surface area (Å²) in [5.41, 5.74) is -2.01. The van der Waals surface area contributed by atoms with Gasteiger partial charge in [0.05, 0.1) is 51.1 Å². The van der Waals surface area contributed by atoms with Gasteiger partial charge in [0.15, 0.2) is 12.6 Å². The number of carboxylic acid groups (broad SMARTS) is 1. The van der Waals surface area contributed by atoms with Crippen molar-refractivity contribution in [1.29, 1.82) is 0 Å². The van der Waals surface area contributed by atoms with Crippen LogP contribution in [-0.4, -0.2) is 201 Å². The van der Waals surface area contributed by atoms with Crippen LogP contribution in [0.3, 0.4) is 0 Å². The number of nitrogens with one attached hydrogen (secondary N) is 5. The van der Waals surface area contributed by atoms with E-state index in [2.05, 4.69) is 154 Å². The molecule has 6 amide bonds. The first-order valence-corrected chi connectivity index (χ1v) is 39.3. The summed E-state index contributed by atoms with van der Waals surface area (Å²) in [5.74, 6) is 2.25. The minimum absolute atomic E-state index is 0. The van der Waals surface area contributed by atoms with E-state index in [4.69, 9.17) is 46.6 Å². The fraction of sp³-hybridized carbons (Fsp3) is 0.687. The Bertz CT molecular complexity index is 3510. The van der Waals surface area contributed by atoms with Crippen LogP contribution >= 0.6 is 90.4 Å². The average Bonchev–Trinajstić information content (AvgIpc) is 1.67. The third kappa shape index (κ3) is 32.9. The van der Waals surface area contributed by atoms with Gasteiger partial charge in [-0.3, -0.25) is 34.0 Å². The summed E-state index contributed by atoms with van der Waals surface area (Å²) in [6.07, 6.45) is 14.2. The Morgan fingerprint density at radius 2 is 0.877 bits per heavy atom. The topological polar surface area (TPSA) is 420 Å². The predicted molar refractivity (Wildman–Crippen MR) is 416 cm³/mol. The van der Waals surface area contributed by atoms with E-state index < -0.39 is 63.6 Å². The van der Waals surface area contributed by atoms with Crippen molar-refractivity contribution in [2.45, 2.75) is 285 Å². The molecule has 5 aliphatic heterocycles. The molecule has 0 spiro atoms. The van der Waals surface area contributed by atoms with E-state index in [0.717, 1.165) is 89.5 Å². The van der Waals surface area contributed by atoms with Gasteiger partial charge in [0, 0.05) is 42.6 Å². The molecule has 5 aliphatic rings. The van der Waals surface area contributed by atoms with Gasteiger partial charge in [-0.2, -0.15) is 11.0 Å². The number of ether oxygens (including phenoxy) is 5. The average molecular weight is 1980 g/mol. The Balaban J connectivity index is 0.000000644. The number of carbonyl (C=O) groups excluding carboxylic acids is 8. The van der Waals surface area contributed by atoms with Crippen molar-refractivity contribution in [2.75, 3.05) is 7.11 Å². The number of rotatable bonds is 9. The first-order valence-electron chi connectivity index (χ1n) is 34.0. The third-order valence-corrected chi connectivity index (χ3v) is 20.0. The summed E-state index contributed by atoms with van der Waals surface area (Å²) in [7, 11) is -1.82. The van der Waals surface area contributed by atoms with Crippen LogP contribution in [0.5, 0.6) is 0 Å². The molecular weight excluding hydrogens is 1870 g/mol. The van der Waals surface area contributed by atoms with Gasteiger partial charge in [-0.1, -0.05) is 13.8 Å². The molecule has 4 aromatic rings. The van der Waals surface area contributed by atoms with E-state index >= 15 is 0 Å². The molecule has 0 radical (unpaired) electrons. The molecule has 9 heterocycles. The first kappa shape index (κ1) is 100. The van der Waals surface area contributed by atoms with Gasteiger partial charge >= 0.3 is 95.6 Å². The van der Waals surface area contributed by atoms with Gasteiger partial charge in [-0.05, 0) is 278 Å². The van der Waals surface area contributed by atoms with Crippen molar-refractivity contribution in [3.05, 3.63) is 62.9 Å². The first-order chi connectivity index (χ1) is 48.1. The van der Waals surface area contributed by atoms with Crippen molar-refractivity contribution >= 4 is 156 Å². The maximum atomic E-state index is 13.1. The maximum absolute atomic E-state index is 13.1. The number of nitrogens with zero attached hydrogens (tertiary/aromatic N) is 9. The number of halogens is 4. The summed E-state index contributed by atoms with van der Waals surface area (Å²) in [6, 6.07) is -0.874. The number of aromatic nitrogens is 8. The molecule has 9 rings (SSSR count). The number of methoxy groups -OCH3 is 1. The van der Waals surface area contributed by atoms with E-state index in [1.807, 2.05) is 107 Å². The molecule has 0 aromatic carbocycles. The number of amides is 6. The largest absolute Gasteiger partial charge is 1.00 e. The van der Waals surface area contributed by atoms with Crippen molar-refractivity contribution in [1.82, 2.24) is 69.7 Å². The Hall–Kier alpha value is -3.70. The van der Waals surface area contributed by atoms with Gasteiger partial charge in [0.25, 0.3) is 0 Å². The number of aldehydes is 2. The van der Waals surface area contributed by atoms with Gasteiger partial charge in [-0.15, -0.1) is 0 Å². The molecule has 5 saturated heterocycles. The van der Waals surface area contributed by atoms with Gasteiger partial charge in [0.2, 0.25) is 5.91 Å². The molecule has 32 nitrogen and oxygen atoms in total. The Morgan fingerprint density at radius 1 is 0.547 bits per heavy atom. The molecule has 106 heavy (non-hydrogen) atoms. The zero-order valence-corrected chi connectivity index (χ0v) is 78.2. The van der Waals surface area contributed by atoms with Crippen molar-refractivity contribution < 1.29 is 144 Å². The second-order valence-electron chi connectivity index (χ2n) is 29.6.